The van der Waals surface area contributed by atoms with Gasteiger partial charge in [0.25, 0.3) is 0 Å². The highest BCUT2D eigenvalue weighted by Gasteiger charge is 2.08. The summed E-state index contributed by atoms with van der Waals surface area (Å²) in [6.45, 7) is 3.48. The lowest BCUT2D eigenvalue weighted by Crippen LogP contribution is -2.31. The first-order valence-electron chi connectivity index (χ1n) is 6.34. The molecule has 0 aliphatic rings. The van der Waals surface area contributed by atoms with Crippen molar-refractivity contribution in [2.75, 3.05) is 19.6 Å². The predicted octanol–water partition coefficient (Wildman–Crippen LogP) is 2.91. The molecule has 0 unspecified atom stereocenters. The van der Waals surface area contributed by atoms with Gasteiger partial charge in [-0.1, -0.05) is 30.3 Å². The SMILES string of the molecule is NCCN(CCc1ccccc1)Cc1ncc(Br)s1. The molecule has 2 aromatic rings. The average molecular weight is 340 g/mol. The summed E-state index contributed by atoms with van der Waals surface area (Å²) in [6.07, 6.45) is 2.91. The molecule has 0 saturated heterocycles. The van der Waals surface area contributed by atoms with Crippen molar-refractivity contribution in [3.63, 3.8) is 0 Å². The van der Waals surface area contributed by atoms with Gasteiger partial charge in [0.2, 0.25) is 0 Å². The second kappa shape index (κ2) is 7.75. The van der Waals surface area contributed by atoms with Crippen LogP contribution >= 0.6 is 27.3 Å². The van der Waals surface area contributed by atoms with Crippen molar-refractivity contribution in [1.82, 2.24) is 9.88 Å². The van der Waals surface area contributed by atoms with E-state index in [-0.39, 0.29) is 0 Å². The van der Waals surface area contributed by atoms with Gasteiger partial charge in [0.15, 0.2) is 0 Å². The summed E-state index contributed by atoms with van der Waals surface area (Å²) >= 11 is 5.14. The van der Waals surface area contributed by atoms with E-state index in [0.717, 1.165) is 34.8 Å². The molecule has 2 rings (SSSR count). The van der Waals surface area contributed by atoms with Gasteiger partial charge in [0.1, 0.15) is 5.01 Å². The lowest BCUT2D eigenvalue weighted by atomic mass is 10.1. The van der Waals surface area contributed by atoms with E-state index in [4.69, 9.17) is 5.73 Å². The van der Waals surface area contributed by atoms with E-state index >= 15 is 0 Å². The predicted molar refractivity (Wildman–Crippen MR) is 84.3 cm³/mol. The molecular formula is C14H18BrN3S. The maximum absolute atomic E-state index is 5.69. The van der Waals surface area contributed by atoms with Crippen LogP contribution in [0.5, 0.6) is 0 Å². The lowest BCUT2D eigenvalue weighted by Gasteiger charge is -2.20. The van der Waals surface area contributed by atoms with E-state index in [2.05, 4.69) is 50.1 Å². The molecule has 0 fully saturated rings. The van der Waals surface area contributed by atoms with Gasteiger partial charge in [-0.05, 0) is 27.9 Å². The third-order valence-corrected chi connectivity index (χ3v) is 4.35. The third-order valence-electron chi connectivity index (χ3n) is 2.89. The van der Waals surface area contributed by atoms with Gasteiger partial charge in [0.05, 0.1) is 16.5 Å². The van der Waals surface area contributed by atoms with Crippen molar-refractivity contribution in [3.05, 3.63) is 50.9 Å². The number of nitrogens with zero attached hydrogens (tertiary/aromatic N) is 2. The maximum atomic E-state index is 5.69. The van der Waals surface area contributed by atoms with Crippen LogP contribution < -0.4 is 5.73 Å². The van der Waals surface area contributed by atoms with Gasteiger partial charge in [-0.2, -0.15) is 0 Å². The molecule has 3 nitrogen and oxygen atoms in total. The molecule has 0 aliphatic heterocycles. The summed E-state index contributed by atoms with van der Waals surface area (Å²) in [4.78, 5) is 6.74. The van der Waals surface area contributed by atoms with Crippen LogP contribution in [0.1, 0.15) is 10.6 Å². The summed E-state index contributed by atoms with van der Waals surface area (Å²) in [6, 6.07) is 10.6. The molecule has 0 radical (unpaired) electrons. The van der Waals surface area contributed by atoms with Crippen LogP contribution in [0, 0.1) is 0 Å². The van der Waals surface area contributed by atoms with Crippen molar-refractivity contribution < 1.29 is 0 Å². The van der Waals surface area contributed by atoms with Gasteiger partial charge in [-0.15, -0.1) is 11.3 Å². The molecule has 1 aromatic heterocycles. The maximum Gasteiger partial charge on any atom is 0.108 e. The van der Waals surface area contributed by atoms with Crippen LogP contribution in [0.4, 0.5) is 0 Å². The molecular weight excluding hydrogens is 322 g/mol. The Bertz CT molecular complexity index is 486. The second-order valence-electron chi connectivity index (χ2n) is 4.36. The summed E-state index contributed by atoms with van der Waals surface area (Å²) in [5.41, 5.74) is 7.05. The molecule has 0 saturated carbocycles. The molecule has 19 heavy (non-hydrogen) atoms. The Morgan fingerprint density at radius 3 is 2.63 bits per heavy atom. The highest BCUT2D eigenvalue weighted by molar-refractivity contribution is 9.11. The number of hydrogen-bond acceptors (Lipinski definition) is 4. The fraction of sp³-hybridized carbons (Fsp3) is 0.357. The van der Waals surface area contributed by atoms with Crippen molar-refractivity contribution in [2.45, 2.75) is 13.0 Å². The first-order chi connectivity index (χ1) is 9.28. The monoisotopic (exact) mass is 339 g/mol. The van der Waals surface area contributed by atoms with Gasteiger partial charge < -0.3 is 5.73 Å². The molecule has 0 amide bonds. The Kier molecular flexibility index (Phi) is 5.97. The Labute approximate surface area is 126 Å². The van der Waals surface area contributed by atoms with E-state index in [1.54, 1.807) is 11.3 Å². The molecule has 2 N–H and O–H groups in total. The molecule has 0 bridgehead atoms. The van der Waals surface area contributed by atoms with E-state index in [1.807, 2.05) is 12.3 Å². The first kappa shape index (κ1) is 14.7. The number of benzene rings is 1. The quantitative estimate of drug-likeness (QED) is 0.843. The van der Waals surface area contributed by atoms with Crippen LogP contribution in [0.15, 0.2) is 40.3 Å². The molecule has 0 spiro atoms. The van der Waals surface area contributed by atoms with Gasteiger partial charge in [-0.25, -0.2) is 4.98 Å². The number of rotatable bonds is 7. The van der Waals surface area contributed by atoms with Crippen LogP contribution in [0.3, 0.4) is 0 Å². The van der Waals surface area contributed by atoms with Crippen molar-refractivity contribution >= 4 is 27.3 Å². The van der Waals surface area contributed by atoms with Crippen LogP contribution in [-0.2, 0) is 13.0 Å². The molecule has 0 atom stereocenters. The molecule has 0 aliphatic carbocycles. The average Bonchev–Trinajstić information content (AvgIpc) is 2.83. The van der Waals surface area contributed by atoms with Gasteiger partial charge >= 0.3 is 0 Å². The second-order valence-corrected chi connectivity index (χ2v) is 6.85. The number of nitrogens with two attached hydrogens (primary N) is 1. The fourth-order valence-electron chi connectivity index (χ4n) is 1.94. The zero-order chi connectivity index (χ0) is 13.5. The third kappa shape index (κ3) is 5.03. The smallest absolute Gasteiger partial charge is 0.108 e. The summed E-state index contributed by atoms with van der Waals surface area (Å²) in [7, 11) is 0. The fourth-order valence-corrected chi connectivity index (χ4v) is 3.28. The minimum atomic E-state index is 0.682. The summed E-state index contributed by atoms with van der Waals surface area (Å²) in [5.74, 6) is 0. The molecule has 1 aromatic carbocycles. The van der Waals surface area contributed by atoms with E-state index in [9.17, 15) is 0 Å². The van der Waals surface area contributed by atoms with Gasteiger partial charge in [0, 0.05) is 19.6 Å². The van der Waals surface area contributed by atoms with Crippen molar-refractivity contribution in [3.8, 4) is 0 Å². The molecule has 5 heteroatoms. The zero-order valence-electron chi connectivity index (χ0n) is 10.8. The minimum absolute atomic E-state index is 0.682. The standard InChI is InChI=1S/C14H18BrN3S/c15-13-10-17-14(19-13)11-18(9-7-16)8-6-12-4-2-1-3-5-12/h1-5,10H,6-9,11,16H2. The topological polar surface area (TPSA) is 42.1 Å². The van der Waals surface area contributed by atoms with Crippen molar-refractivity contribution in [1.29, 1.82) is 0 Å². The molecule has 1 heterocycles. The first-order valence-corrected chi connectivity index (χ1v) is 7.95. The summed E-state index contributed by atoms with van der Waals surface area (Å²) in [5, 5.41) is 1.13. The zero-order valence-corrected chi connectivity index (χ0v) is 13.2. The number of aromatic nitrogens is 1. The highest BCUT2D eigenvalue weighted by Crippen LogP contribution is 2.20. The van der Waals surface area contributed by atoms with Crippen LogP contribution in [0.2, 0.25) is 0 Å². The largest absolute Gasteiger partial charge is 0.329 e. The Morgan fingerprint density at radius 1 is 1.21 bits per heavy atom. The Hall–Kier alpha value is -0.750. The van der Waals surface area contributed by atoms with Crippen LogP contribution in [0.25, 0.3) is 0 Å². The Balaban J connectivity index is 1.89. The number of hydrogen-bond donors (Lipinski definition) is 1. The van der Waals surface area contributed by atoms with E-state index in [1.165, 1.54) is 5.56 Å². The normalized spacial score (nSPS) is 11.1. The summed E-state index contributed by atoms with van der Waals surface area (Å²) < 4.78 is 1.08. The van der Waals surface area contributed by atoms with E-state index < -0.39 is 0 Å². The van der Waals surface area contributed by atoms with Crippen LogP contribution in [-0.4, -0.2) is 29.5 Å². The highest BCUT2D eigenvalue weighted by atomic mass is 79.9. The Morgan fingerprint density at radius 2 is 2.00 bits per heavy atom. The van der Waals surface area contributed by atoms with Gasteiger partial charge in [-0.3, -0.25) is 4.90 Å². The number of thiazole rings is 1. The number of halogens is 1. The molecule has 102 valence electrons. The minimum Gasteiger partial charge on any atom is -0.329 e. The van der Waals surface area contributed by atoms with E-state index in [0.29, 0.717) is 6.54 Å². The van der Waals surface area contributed by atoms with Crippen molar-refractivity contribution in [2.24, 2.45) is 5.73 Å². The lowest BCUT2D eigenvalue weighted by molar-refractivity contribution is 0.276.